The van der Waals surface area contributed by atoms with Crippen molar-refractivity contribution in [3.8, 4) is 0 Å². The lowest BCUT2D eigenvalue weighted by Crippen LogP contribution is -2.12. The second kappa shape index (κ2) is 4.89. The third-order valence-corrected chi connectivity index (χ3v) is 2.37. The van der Waals surface area contributed by atoms with Crippen molar-refractivity contribution in [2.45, 2.75) is 0 Å². The van der Waals surface area contributed by atoms with Crippen molar-refractivity contribution in [1.29, 1.82) is 0 Å². The van der Waals surface area contributed by atoms with E-state index in [1.807, 2.05) is 0 Å². The van der Waals surface area contributed by atoms with Crippen LogP contribution in [0.3, 0.4) is 0 Å². The van der Waals surface area contributed by atoms with Gasteiger partial charge in [0.15, 0.2) is 11.6 Å². The highest BCUT2D eigenvalue weighted by atomic mass is 35.5. The van der Waals surface area contributed by atoms with E-state index in [0.717, 1.165) is 12.3 Å². The number of nitrogens with zero attached hydrogens (tertiary/aromatic N) is 1. The van der Waals surface area contributed by atoms with Gasteiger partial charge in [-0.1, -0.05) is 11.6 Å². The van der Waals surface area contributed by atoms with Gasteiger partial charge < -0.3 is 14.8 Å². The van der Waals surface area contributed by atoms with Crippen LogP contribution in [-0.2, 0) is 0 Å². The summed E-state index contributed by atoms with van der Waals surface area (Å²) in [5.41, 5.74) is -0.104. The van der Waals surface area contributed by atoms with Crippen LogP contribution in [0.1, 0.15) is 20.9 Å². The Labute approximate surface area is 106 Å². The Bertz CT molecular complexity index is 609. The van der Waals surface area contributed by atoms with Crippen molar-refractivity contribution in [2.24, 2.45) is 0 Å². The molecule has 0 aromatic carbocycles. The Morgan fingerprint density at radius 2 is 2.22 bits per heavy atom. The number of rotatable bonds is 3. The van der Waals surface area contributed by atoms with E-state index in [2.05, 4.69) is 10.3 Å². The van der Waals surface area contributed by atoms with E-state index in [0.29, 0.717) is 0 Å². The number of hydrogen-bond donors (Lipinski definition) is 2. The van der Waals surface area contributed by atoms with Gasteiger partial charge in [-0.3, -0.25) is 4.79 Å². The Kier molecular flexibility index (Phi) is 3.29. The largest absolute Gasteiger partial charge is 0.478 e. The summed E-state index contributed by atoms with van der Waals surface area (Å²) in [6, 6.07) is 4.30. The van der Waals surface area contributed by atoms with Gasteiger partial charge >= 0.3 is 5.97 Å². The maximum Gasteiger partial charge on any atom is 0.338 e. The molecule has 2 rings (SSSR count). The van der Waals surface area contributed by atoms with Gasteiger partial charge in [-0.25, -0.2) is 9.78 Å². The average Bonchev–Trinajstić information content (AvgIpc) is 2.81. The molecule has 92 valence electrons. The van der Waals surface area contributed by atoms with Crippen LogP contribution in [0, 0.1) is 0 Å². The Morgan fingerprint density at radius 3 is 2.83 bits per heavy atom. The molecule has 0 saturated heterocycles. The van der Waals surface area contributed by atoms with Crippen LogP contribution in [0.4, 0.5) is 5.82 Å². The zero-order valence-corrected chi connectivity index (χ0v) is 9.64. The molecular weight excluding hydrogens is 260 g/mol. The highest BCUT2D eigenvalue weighted by Crippen LogP contribution is 2.18. The number of carboxylic acids is 1. The van der Waals surface area contributed by atoms with E-state index in [-0.39, 0.29) is 22.2 Å². The highest BCUT2D eigenvalue weighted by Gasteiger charge is 2.16. The van der Waals surface area contributed by atoms with Gasteiger partial charge in [0, 0.05) is 12.3 Å². The summed E-state index contributed by atoms with van der Waals surface area (Å²) in [5.74, 6) is -1.75. The first-order valence-corrected chi connectivity index (χ1v) is 5.19. The first-order valence-electron chi connectivity index (χ1n) is 4.81. The van der Waals surface area contributed by atoms with Crippen LogP contribution < -0.4 is 5.32 Å². The summed E-state index contributed by atoms with van der Waals surface area (Å²) >= 11 is 5.81. The molecule has 0 aliphatic rings. The second-order valence-corrected chi connectivity index (χ2v) is 3.70. The van der Waals surface area contributed by atoms with Gasteiger partial charge in [-0.2, -0.15) is 0 Å². The van der Waals surface area contributed by atoms with Gasteiger partial charge in [0.1, 0.15) is 6.26 Å². The number of aromatic carboxylic acids is 1. The van der Waals surface area contributed by atoms with E-state index >= 15 is 0 Å². The number of nitrogens with one attached hydrogen (secondary N) is 1. The molecule has 0 aliphatic heterocycles. The number of carboxylic acid groups (broad SMARTS) is 1. The first-order chi connectivity index (χ1) is 8.58. The van der Waals surface area contributed by atoms with Crippen LogP contribution in [0.15, 0.2) is 35.1 Å². The molecule has 7 heteroatoms. The number of halogens is 1. The van der Waals surface area contributed by atoms with Crippen molar-refractivity contribution in [1.82, 2.24) is 4.98 Å². The van der Waals surface area contributed by atoms with Gasteiger partial charge in [0.2, 0.25) is 0 Å². The predicted molar refractivity (Wildman–Crippen MR) is 62.9 cm³/mol. The monoisotopic (exact) mass is 266 g/mol. The third-order valence-electron chi connectivity index (χ3n) is 2.06. The smallest absolute Gasteiger partial charge is 0.338 e. The molecule has 0 unspecified atom stereocenters. The Balaban J connectivity index is 2.17. The minimum atomic E-state index is -1.17. The van der Waals surface area contributed by atoms with E-state index in [1.165, 1.54) is 6.20 Å². The van der Waals surface area contributed by atoms with Crippen molar-refractivity contribution < 1.29 is 19.1 Å². The molecule has 18 heavy (non-hydrogen) atoms. The fourth-order valence-corrected chi connectivity index (χ4v) is 1.38. The number of furan rings is 1. The molecule has 6 nitrogen and oxygen atoms in total. The number of anilines is 1. The standard InChI is InChI=1S/C11H7ClN2O4/c12-7-2-1-3-13-9(7)14-10(15)8-4-6(5-18-8)11(16)17/h1-5H,(H,16,17)(H,13,14,15). The third kappa shape index (κ3) is 2.49. The number of carbonyl (C=O) groups is 2. The number of aromatic nitrogens is 1. The summed E-state index contributed by atoms with van der Waals surface area (Å²) in [5, 5.41) is 11.4. The fourth-order valence-electron chi connectivity index (χ4n) is 1.21. The van der Waals surface area contributed by atoms with Gasteiger partial charge in [0.05, 0.1) is 10.6 Å². The van der Waals surface area contributed by atoms with Crippen LogP contribution in [-0.4, -0.2) is 22.0 Å². The lowest BCUT2D eigenvalue weighted by molar-refractivity contribution is 0.0696. The maximum atomic E-state index is 11.7. The van der Waals surface area contributed by atoms with E-state index in [4.69, 9.17) is 21.1 Å². The van der Waals surface area contributed by atoms with Crippen LogP contribution >= 0.6 is 11.6 Å². The summed E-state index contributed by atoms with van der Waals surface area (Å²) in [7, 11) is 0. The SMILES string of the molecule is O=C(O)c1coc(C(=O)Nc2ncccc2Cl)c1. The Hall–Kier alpha value is -2.34. The zero-order valence-electron chi connectivity index (χ0n) is 8.88. The fraction of sp³-hybridized carbons (Fsp3) is 0. The van der Waals surface area contributed by atoms with Crippen molar-refractivity contribution in [3.63, 3.8) is 0 Å². The molecule has 1 amide bonds. The normalized spacial score (nSPS) is 10.1. The Morgan fingerprint density at radius 1 is 1.44 bits per heavy atom. The first kappa shape index (κ1) is 12.1. The van der Waals surface area contributed by atoms with Gasteiger partial charge in [-0.15, -0.1) is 0 Å². The molecule has 0 aliphatic carbocycles. The molecule has 2 N–H and O–H groups in total. The van der Waals surface area contributed by atoms with Crippen molar-refractivity contribution >= 4 is 29.3 Å². The topological polar surface area (TPSA) is 92.4 Å². The summed E-state index contributed by atoms with van der Waals surface area (Å²) in [4.78, 5) is 26.2. The molecule has 0 saturated carbocycles. The van der Waals surface area contributed by atoms with Gasteiger partial charge in [-0.05, 0) is 12.1 Å². The number of carbonyl (C=O) groups excluding carboxylic acids is 1. The van der Waals surface area contributed by atoms with E-state index < -0.39 is 11.9 Å². The quantitative estimate of drug-likeness (QED) is 0.889. The minimum Gasteiger partial charge on any atom is -0.478 e. The summed E-state index contributed by atoms with van der Waals surface area (Å²) in [6.45, 7) is 0. The zero-order chi connectivity index (χ0) is 13.1. The van der Waals surface area contributed by atoms with Crippen LogP contribution in [0.5, 0.6) is 0 Å². The lowest BCUT2D eigenvalue weighted by Gasteiger charge is -2.02. The van der Waals surface area contributed by atoms with Crippen molar-refractivity contribution in [3.05, 3.63) is 47.0 Å². The van der Waals surface area contributed by atoms with Crippen LogP contribution in [0.25, 0.3) is 0 Å². The predicted octanol–water partition coefficient (Wildman–Crippen LogP) is 2.28. The number of amides is 1. The second-order valence-electron chi connectivity index (χ2n) is 3.29. The molecule has 0 atom stereocenters. The van der Waals surface area contributed by atoms with E-state index in [9.17, 15) is 9.59 Å². The molecule has 0 fully saturated rings. The summed E-state index contributed by atoms with van der Waals surface area (Å²) in [6.07, 6.45) is 2.45. The molecule has 2 heterocycles. The molecule has 0 spiro atoms. The lowest BCUT2D eigenvalue weighted by atomic mass is 10.3. The number of pyridine rings is 1. The van der Waals surface area contributed by atoms with E-state index in [1.54, 1.807) is 12.1 Å². The highest BCUT2D eigenvalue weighted by molar-refractivity contribution is 6.33. The molecule has 2 aromatic heterocycles. The van der Waals surface area contributed by atoms with Gasteiger partial charge in [0.25, 0.3) is 5.91 Å². The maximum absolute atomic E-state index is 11.7. The molecule has 0 bridgehead atoms. The average molecular weight is 267 g/mol. The van der Waals surface area contributed by atoms with Crippen molar-refractivity contribution in [2.75, 3.05) is 5.32 Å². The van der Waals surface area contributed by atoms with Crippen LogP contribution in [0.2, 0.25) is 5.02 Å². The number of hydrogen-bond acceptors (Lipinski definition) is 4. The molecule has 0 radical (unpaired) electrons. The molecular formula is C11H7ClN2O4. The summed E-state index contributed by atoms with van der Waals surface area (Å²) < 4.78 is 4.84. The minimum absolute atomic E-state index is 0.104. The molecule has 2 aromatic rings.